The van der Waals surface area contributed by atoms with Gasteiger partial charge in [-0.2, -0.15) is 0 Å². The van der Waals surface area contributed by atoms with E-state index in [2.05, 4.69) is 26.1 Å². The van der Waals surface area contributed by atoms with Crippen molar-refractivity contribution in [2.75, 3.05) is 7.11 Å². The van der Waals surface area contributed by atoms with Crippen molar-refractivity contribution in [3.05, 3.63) is 29.8 Å². The summed E-state index contributed by atoms with van der Waals surface area (Å²) in [6, 6.07) is 7.23. The van der Waals surface area contributed by atoms with E-state index in [1.165, 1.54) is 0 Å². The molecule has 1 aromatic carbocycles. The van der Waals surface area contributed by atoms with Crippen LogP contribution >= 0.6 is 11.6 Å². The summed E-state index contributed by atoms with van der Waals surface area (Å²) in [6.45, 7) is 10.5. The minimum absolute atomic E-state index is 0.138. The van der Waals surface area contributed by atoms with Gasteiger partial charge in [0.05, 0.1) is 7.11 Å². The predicted molar refractivity (Wildman–Crippen MR) is 87.9 cm³/mol. The molecule has 4 heteroatoms. The van der Waals surface area contributed by atoms with Gasteiger partial charge >= 0.3 is 0 Å². The fourth-order valence-electron chi connectivity index (χ4n) is 2.69. The third-order valence-corrected chi connectivity index (χ3v) is 3.52. The zero-order valence-corrected chi connectivity index (χ0v) is 14.5. The summed E-state index contributed by atoms with van der Waals surface area (Å²) < 4.78 is 5.10. The van der Waals surface area contributed by atoms with Crippen LogP contribution in [-0.4, -0.2) is 18.6 Å². The molecule has 1 rings (SSSR count). The minimum atomic E-state index is -0.699. The SMILES string of the molecule is COc1ccc(C(Cl)C(=O)NC(C)(C)CC(C)(C)C)cc1. The highest BCUT2D eigenvalue weighted by molar-refractivity contribution is 6.30. The molecule has 0 saturated carbocycles. The number of alkyl halides is 1. The summed E-state index contributed by atoms with van der Waals surface area (Å²) >= 11 is 6.28. The molecule has 0 aromatic heterocycles. The standard InChI is InChI=1S/C17H26ClNO2/c1-16(2,3)11-17(4,5)19-15(20)14(18)12-7-9-13(21-6)10-8-12/h7-10,14H,11H2,1-6H3,(H,19,20). The molecule has 1 atom stereocenters. The van der Waals surface area contributed by atoms with Crippen LogP contribution in [0, 0.1) is 5.41 Å². The number of halogens is 1. The maximum absolute atomic E-state index is 12.3. The van der Waals surface area contributed by atoms with Crippen LogP contribution in [0.2, 0.25) is 0 Å². The van der Waals surface area contributed by atoms with Crippen LogP contribution < -0.4 is 10.1 Å². The van der Waals surface area contributed by atoms with E-state index in [-0.39, 0.29) is 16.9 Å². The zero-order chi connectivity index (χ0) is 16.3. The maximum atomic E-state index is 12.3. The second kappa shape index (κ2) is 6.69. The summed E-state index contributed by atoms with van der Waals surface area (Å²) in [5.41, 5.74) is 0.606. The molecule has 0 spiro atoms. The molecular formula is C17H26ClNO2. The molecule has 0 fully saturated rings. The fraction of sp³-hybridized carbons (Fsp3) is 0.588. The van der Waals surface area contributed by atoms with Gasteiger partial charge in [0.25, 0.3) is 0 Å². The van der Waals surface area contributed by atoms with E-state index in [1.54, 1.807) is 19.2 Å². The smallest absolute Gasteiger partial charge is 0.243 e. The molecule has 0 aliphatic rings. The molecule has 3 nitrogen and oxygen atoms in total. The Balaban J connectivity index is 2.73. The lowest BCUT2D eigenvalue weighted by molar-refractivity contribution is -0.122. The van der Waals surface area contributed by atoms with E-state index in [0.29, 0.717) is 0 Å². The third kappa shape index (κ3) is 5.96. The molecule has 0 aliphatic carbocycles. The number of hydrogen-bond donors (Lipinski definition) is 1. The van der Waals surface area contributed by atoms with Crippen molar-refractivity contribution in [3.8, 4) is 5.75 Å². The molecule has 0 saturated heterocycles. The van der Waals surface area contributed by atoms with Gasteiger partial charge in [-0.1, -0.05) is 32.9 Å². The van der Waals surface area contributed by atoms with Gasteiger partial charge in [-0.25, -0.2) is 0 Å². The number of ether oxygens (including phenoxy) is 1. The van der Waals surface area contributed by atoms with Crippen molar-refractivity contribution in [1.82, 2.24) is 5.32 Å². The van der Waals surface area contributed by atoms with E-state index >= 15 is 0 Å². The van der Waals surface area contributed by atoms with Gasteiger partial charge < -0.3 is 10.1 Å². The van der Waals surface area contributed by atoms with E-state index in [4.69, 9.17) is 16.3 Å². The Morgan fingerprint density at radius 2 is 1.71 bits per heavy atom. The van der Waals surface area contributed by atoms with Crippen LogP contribution in [-0.2, 0) is 4.79 Å². The van der Waals surface area contributed by atoms with E-state index < -0.39 is 5.38 Å². The van der Waals surface area contributed by atoms with Crippen molar-refractivity contribution < 1.29 is 9.53 Å². The number of carbonyl (C=O) groups is 1. The van der Waals surface area contributed by atoms with Gasteiger partial charge in [0.15, 0.2) is 0 Å². The number of amides is 1. The topological polar surface area (TPSA) is 38.3 Å². The number of carbonyl (C=O) groups excluding carboxylic acids is 1. The maximum Gasteiger partial charge on any atom is 0.243 e. The largest absolute Gasteiger partial charge is 0.497 e. The zero-order valence-electron chi connectivity index (χ0n) is 13.8. The van der Waals surface area contributed by atoms with E-state index in [1.807, 2.05) is 26.0 Å². The number of methoxy groups -OCH3 is 1. The highest BCUT2D eigenvalue weighted by Crippen LogP contribution is 2.29. The Bertz CT molecular complexity index is 475. The Morgan fingerprint density at radius 3 is 2.14 bits per heavy atom. The van der Waals surface area contributed by atoms with Gasteiger partial charge in [-0.15, -0.1) is 11.6 Å². The highest BCUT2D eigenvalue weighted by Gasteiger charge is 2.29. The first kappa shape index (κ1) is 17.8. The fourth-order valence-corrected chi connectivity index (χ4v) is 2.89. The monoisotopic (exact) mass is 311 g/mol. The van der Waals surface area contributed by atoms with Gasteiger partial charge in [-0.05, 0) is 43.4 Å². The van der Waals surface area contributed by atoms with Gasteiger partial charge in [0, 0.05) is 5.54 Å². The second-order valence-electron chi connectivity index (χ2n) is 7.25. The molecule has 0 radical (unpaired) electrons. The molecule has 118 valence electrons. The van der Waals surface area contributed by atoms with Crippen molar-refractivity contribution >= 4 is 17.5 Å². The molecule has 0 aliphatic heterocycles. The first-order valence-electron chi connectivity index (χ1n) is 7.14. The number of nitrogens with one attached hydrogen (secondary N) is 1. The summed E-state index contributed by atoms with van der Waals surface area (Å²) in [5.74, 6) is 0.576. The van der Waals surface area contributed by atoms with Crippen LogP contribution in [0.3, 0.4) is 0 Å². The quantitative estimate of drug-likeness (QED) is 0.823. The van der Waals surface area contributed by atoms with E-state index in [0.717, 1.165) is 17.7 Å². The Morgan fingerprint density at radius 1 is 1.19 bits per heavy atom. The van der Waals surface area contributed by atoms with Gasteiger partial charge in [0.2, 0.25) is 5.91 Å². The lowest BCUT2D eigenvalue weighted by atomic mass is 9.81. The Hall–Kier alpha value is -1.22. The lowest BCUT2D eigenvalue weighted by Crippen LogP contribution is -2.46. The van der Waals surface area contributed by atoms with Crippen LogP contribution in [0.4, 0.5) is 0 Å². The first-order valence-corrected chi connectivity index (χ1v) is 7.58. The summed E-state index contributed by atoms with van der Waals surface area (Å²) in [7, 11) is 1.61. The van der Waals surface area contributed by atoms with Crippen LogP contribution in [0.1, 0.15) is 52.0 Å². The van der Waals surface area contributed by atoms with Crippen molar-refractivity contribution in [1.29, 1.82) is 0 Å². The van der Waals surface area contributed by atoms with Crippen LogP contribution in [0.15, 0.2) is 24.3 Å². The van der Waals surface area contributed by atoms with Crippen LogP contribution in [0.5, 0.6) is 5.75 Å². The molecule has 0 heterocycles. The van der Waals surface area contributed by atoms with Crippen molar-refractivity contribution in [3.63, 3.8) is 0 Å². The molecule has 1 aromatic rings. The second-order valence-corrected chi connectivity index (χ2v) is 7.68. The van der Waals surface area contributed by atoms with Crippen molar-refractivity contribution in [2.45, 2.75) is 52.0 Å². The minimum Gasteiger partial charge on any atom is -0.497 e. The molecule has 1 N–H and O–H groups in total. The summed E-state index contributed by atoms with van der Waals surface area (Å²) in [5, 5.41) is 2.34. The number of rotatable bonds is 5. The molecule has 21 heavy (non-hydrogen) atoms. The van der Waals surface area contributed by atoms with Gasteiger partial charge in [-0.3, -0.25) is 4.79 Å². The van der Waals surface area contributed by atoms with Crippen LogP contribution in [0.25, 0.3) is 0 Å². The number of hydrogen-bond acceptors (Lipinski definition) is 2. The molecule has 1 unspecified atom stereocenters. The van der Waals surface area contributed by atoms with Crippen molar-refractivity contribution in [2.24, 2.45) is 5.41 Å². The lowest BCUT2D eigenvalue weighted by Gasteiger charge is -2.34. The first-order chi connectivity index (χ1) is 9.54. The van der Waals surface area contributed by atoms with Gasteiger partial charge in [0.1, 0.15) is 11.1 Å². The average molecular weight is 312 g/mol. The Kier molecular flexibility index (Phi) is 5.68. The molecular weight excluding hydrogens is 286 g/mol. The third-order valence-electron chi connectivity index (χ3n) is 3.07. The summed E-state index contributed by atoms with van der Waals surface area (Å²) in [4.78, 5) is 12.3. The predicted octanol–water partition coefficient (Wildman–Crippen LogP) is 4.31. The Labute approximate surface area is 133 Å². The summed E-state index contributed by atoms with van der Waals surface area (Å²) in [6.07, 6.45) is 0.873. The van der Waals surface area contributed by atoms with E-state index in [9.17, 15) is 4.79 Å². The highest BCUT2D eigenvalue weighted by atomic mass is 35.5. The molecule has 1 amide bonds. The molecule has 0 bridgehead atoms. The number of benzene rings is 1. The normalized spacial score (nSPS) is 13.7. The average Bonchev–Trinajstić information content (AvgIpc) is 2.34.